The molecule has 1 fully saturated rings. The van der Waals surface area contributed by atoms with E-state index in [2.05, 4.69) is 36.7 Å². The van der Waals surface area contributed by atoms with Crippen molar-refractivity contribution < 1.29 is 17.9 Å². The SMILES string of the molecule is CN=C(NCc1c(F)cccc1OC(F)F)NC1CCN(c2cccs2)CC1. The Morgan fingerprint density at radius 2 is 2.07 bits per heavy atom. The first-order valence-electron chi connectivity index (χ1n) is 9.04. The van der Waals surface area contributed by atoms with Crippen molar-refractivity contribution >= 4 is 22.3 Å². The number of anilines is 1. The molecule has 1 aromatic carbocycles. The van der Waals surface area contributed by atoms with Crippen LogP contribution in [0, 0.1) is 5.82 Å². The van der Waals surface area contributed by atoms with Crippen LogP contribution < -0.4 is 20.3 Å². The minimum atomic E-state index is -3.01. The Kier molecular flexibility index (Phi) is 7.02. The highest BCUT2D eigenvalue weighted by molar-refractivity contribution is 7.14. The average molecular weight is 412 g/mol. The summed E-state index contributed by atoms with van der Waals surface area (Å²) in [6.07, 6.45) is 1.89. The maximum absolute atomic E-state index is 14.1. The van der Waals surface area contributed by atoms with Crippen LogP contribution in [0.4, 0.5) is 18.2 Å². The van der Waals surface area contributed by atoms with Gasteiger partial charge < -0.3 is 20.3 Å². The molecular weight excluding hydrogens is 389 g/mol. The van der Waals surface area contributed by atoms with Gasteiger partial charge in [0.1, 0.15) is 11.6 Å². The van der Waals surface area contributed by atoms with E-state index in [0.717, 1.165) is 25.9 Å². The summed E-state index contributed by atoms with van der Waals surface area (Å²) in [5, 5.41) is 9.65. The third-order valence-electron chi connectivity index (χ3n) is 4.60. The van der Waals surface area contributed by atoms with Crippen molar-refractivity contribution in [1.29, 1.82) is 0 Å². The average Bonchev–Trinajstić information content (AvgIpc) is 3.21. The molecule has 9 heteroatoms. The number of hydrogen-bond donors (Lipinski definition) is 2. The van der Waals surface area contributed by atoms with Crippen LogP contribution in [-0.4, -0.2) is 38.8 Å². The Morgan fingerprint density at radius 3 is 2.71 bits per heavy atom. The number of nitrogens with zero attached hydrogens (tertiary/aromatic N) is 2. The molecule has 2 heterocycles. The normalized spacial score (nSPS) is 15.8. The van der Waals surface area contributed by atoms with Gasteiger partial charge in [-0.05, 0) is 42.5 Å². The molecule has 0 bridgehead atoms. The summed E-state index contributed by atoms with van der Waals surface area (Å²) in [6, 6.07) is 8.27. The number of benzene rings is 1. The Balaban J connectivity index is 1.53. The maximum Gasteiger partial charge on any atom is 0.387 e. The molecule has 152 valence electrons. The van der Waals surface area contributed by atoms with Crippen LogP contribution in [0.3, 0.4) is 0 Å². The van der Waals surface area contributed by atoms with Crippen molar-refractivity contribution in [3.05, 3.63) is 47.1 Å². The highest BCUT2D eigenvalue weighted by Gasteiger charge is 2.21. The lowest BCUT2D eigenvalue weighted by atomic mass is 10.1. The van der Waals surface area contributed by atoms with Crippen molar-refractivity contribution in [2.75, 3.05) is 25.0 Å². The van der Waals surface area contributed by atoms with Crippen LogP contribution in [0.1, 0.15) is 18.4 Å². The fraction of sp³-hybridized carbons (Fsp3) is 0.421. The van der Waals surface area contributed by atoms with Crippen LogP contribution in [0.5, 0.6) is 5.75 Å². The zero-order valence-corrected chi connectivity index (χ0v) is 16.3. The number of aliphatic imine (C=N–C) groups is 1. The van der Waals surface area contributed by atoms with Gasteiger partial charge in [0.05, 0.1) is 5.00 Å². The molecule has 0 unspecified atom stereocenters. The zero-order valence-electron chi connectivity index (χ0n) is 15.5. The summed E-state index contributed by atoms with van der Waals surface area (Å²) in [5.41, 5.74) is 0.0401. The summed E-state index contributed by atoms with van der Waals surface area (Å²) in [6.45, 7) is -1.14. The first-order chi connectivity index (χ1) is 13.6. The Labute approximate surface area is 166 Å². The maximum atomic E-state index is 14.1. The summed E-state index contributed by atoms with van der Waals surface area (Å²) in [4.78, 5) is 6.51. The minimum absolute atomic E-state index is 0.0115. The summed E-state index contributed by atoms with van der Waals surface area (Å²) >= 11 is 1.73. The topological polar surface area (TPSA) is 48.9 Å². The van der Waals surface area contributed by atoms with Gasteiger partial charge in [-0.2, -0.15) is 8.78 Å². The van der Waals surface area contributed by atoms with Gasteiger partial charge in [0.2, 0.25) is 0 Å². The van der Waals surface area contributed by atoms with Crippen molar-refractivity contribution in [2.45, 2.75) is 32.0 Å². The van der Waals surface area contributed by atoms with Crippen LogP contribution in [0.2, 0.25) is 0 Å². The number of halogens is 3. The fourth-order valence-corrected chi connectivity index (χ4v) is 3.96. The summed E-state index contributed by atoms with van der Waals surface area (Å²) in [5.74, 6) is -0.284. The molecule has 0 radical (unpaired) electrons. The van der Waals surface area contributed by atoms with Gasteiger partial charge in [0.15, 0.2) is 5.96 Å². The van der Waals surface area contributed by atoms with E-state index in [9.17, 15) is 13.2 Å². The third kappa shape index (κ3) is 5.31. The largest absolute Gasteiger partial charge is 0.434 e. The lowest BCUT2D eigenvalue weighted by Gasteiger charge is -2.33. The van der Waals surface area contributed by atoms with E-state index in [1.807, 2.05) is 6.07 Å². The van der Waals surface area contributed by atoms with Gasteiger partial charge in [-0.25, -0.2) is 4.39 Å². The van der Waals surface area contributed by atoms with E-state index < -0.39 is 12.4 Å². The molecule has 1 aromatic heterocycles. The van der Waals surface area contributed by atoms with E-state index in [-0.39, 0.29) is 23.9 Å². The van der Waals surface area contributed by atoms with Gasteiger partial charge in [-0.15, -0.1) is 11.3 Å². The molecule has 5 nitrogen and oxygen atoms in total. The quantitative estimate of drug-likeness (QED) is 0.559. The molecule has 0 spiro atoms. The molecule has 3 rings (SSSR count). The first kappa shape index (κ1) is 20.3. The van der Waals surface area contributed by atoms with Gasteiger partial charge >= 0.3 is 6.61 Å². The zero-order chi connectivity index (χ0) is 19.9. The number of guanidine groups is 1. The molecule has 2 aromatic rings. The minimum Gasteiger partial charge on any atom is -0.434 e. The predicted octanol–water partition coefficient (Wildman–Crippen LogP) is 3.82. The summed E-state index contributed by atoms with van der Waals surface area (Å²) < 4.78 is 43.5. The molecule has 0 aliphatic carbocycles. The van der Waals surface area contributed by atoms with Crippen LogP contribution in [0.15, 0.2) is 40.7 Å². The first-order valence-corrected chi connectivity index (χ1v) is 9.92. The van der Waals surface area contributed by atoms with Crippen LogP contribution >= 0.6 is 11.3 Å². The number of rotatable bonds is 6. The number of alkyl halides is 2. The lowest BCUT2D eigenvalue weighted by Crippen LogP contribution is -2.48. The van der Waals surface area contributed by atoms with Gasteiger partial charge in [0.25, 0.3) is 0 Å². The number of ether oxygens (including phenoxy) is 1. The van der Waals surface area contributed by atoms with Crippen molar-refractivity contribution in [3.63, 3.8) is 0 Å². The molecule has 2 N–H and O–H groups in total. The van der Waals surface area contributed by atoms with E-state index >= 15 is 0 Å². The smallest absolute Gasteiger partial charge is 0.387 e. The van der Waals surface area contributed by atoms with Crippen molar-refractivity contribution in [3.8, 4) is 5.75 Å². The van der Waals surface area contributed by atoms with E-state index in [0.29, 0.717) is 5.96 Å². The fourth-order valence-electron chi connectivity index (χ4n) is 3.17. The second kappa shape index (κ2) is 9.68. The molecule has 0 amide bonds. The van der Waals surface area contributed by atoms with Crippen molar-refractivity contribution in [1.82, 2.24) is 10.6 Å². The molecule has 0 saturated carbocycles. The third-order valence-corrected chi connectivity index (χ3v) is 5.53. The molecule has 28 heavy (non-hydrogen) atoms. The monoisotopic (exact) mass is 412 g/mol. The Hall–Kier alpha value is -2.42. The van der Waals surface area contributed by atoms with Crippen molar-refractivity contribution in [2.24, 2.45) is 4.99 Å². The molecular formula is C19H23F3N4OS. The van der Waals surface area contributed by atoms with Gasteiger partial charge in [-0.3, -0.25) is 4.99 Å². The van der Waals surface area contributed by atoms with Crippen LogP contribution in [0.25, 0.3) is 0 Å². The number of piperidine rings is 1. The Morgan fingerprint density at radius 1 is 1.29 bits per heavy atom. The lowest BCUT2D eigenvalue weighted by molar-refractivity contribution is -0.0506. The van der Waals surface area contributed by atoms with E-state index in [4.69, 9.17) is 0 Å². The summed E-state index contributed by atoms with van der Waals surface area (Å²) in [7, 11) is 1.62. The Bertz CT molecular complexity index is 777. The second-order valence-electron chi connectivity index (χ2n) is 6.38. The number of nitrogens with one attached hydrogen (secondary N) is 2. The molecule has 1 aliphatic heterocycles. The standard InChI is InChI=1S/C19H23F3N4OS/c1-23-19(24-12-14-15(20)4-2-5-16(14)27-18(21)22)25-13-7-9-26(10-8-13)17-6-3-11-28-17/h2-6,11,13,18H,7-10,12H2,1H3,(H2,23,24,25). The van der Waals surface area contributed by atoms with Gasteiger partial charge in [0, 0.05) is 38.3 Å². The molecule has 0 atom stereocenters. The van der Waals surface area contributed by atoms with E-state index in [1.54, 1.807) is 18.4 Å². The van der Waals surface area contributed by atoms with E-state index in [1.165, 1.54) is 23.2 Å². The highest BCUT2D eigenvalue weighted by Crippen LogP contribution is 2.25. The highest BCUT2D eigenvalue weighted by atomic mass is 32.1. The molecule has 1 aliphatic rings. The number of thiophene rings is 1. The second-order valence-corrected chi connectivity index (χ2v) is 7.30. The van der Waals surface area contributed by atoms with Gasteiger partial charge in [-0.1, -0.05) is 6.07 Å². The predicted molar refractivity (Wildman–Crippen MR) is 106 cm³/mol. The molecule has 1 saturated heterocycles. The van der Waals surface area contributed by atoms with Crippen LogP contribution in [-0.2, 0) is 6.54 Å². The number of hydrogen-bond acceptors (Lipinski definition) is 4.